The van der Waals surface area contributed by atoms with E-state index in [1.807, 2.05) is 29.2 Å². The number of methoxy groups -OCH3 is 1. The Morgan fingerprint density at radius 2 is 2.25 bits per heavy atom. The molecule has 4 nitrogen and oxygen atoms in total. The van der Waals surface area contributed by atoms with Crippen molar-refractivity contribution in [2.24, 2.45) is 0 Å². The number of carbonyl (C=O) groups is 1. The number of halogens is 1. The summed E-state index contributed by atoms with van der Waals surface area (Å²) < 4.78 is 5.79. The second-order valence-corrected chi connectivity index (χ2v) is 8.03. The van der Waals surface area contributed by atoms with Crippen molar-refractivity contribution in [3.63, 3.8) is 0 Å². The van der Waals surface area contributed by atoms with E-state index in [2.05, 4.69) is 0 Å². The molecule has 3 unspecified atom stereocenters. The maximum atomic E-state index is 12.7. The molecule has 1 aromatic rings. The SMILES string of the molecule is COC12CCC(O)CC1N(C(=O)CSCc1ccccc1Cl)CC2. The van der Waals surface area contributed by atoms with Gasteiger partial charge in [-0.25, -0.2) is 0 Å². The van der Waals surface area contributed by atoms with Gasteiger partial charge >= 0.3 is 0 Å². The van der Waals surface area contributed by atoms with Gasteiger partial charge in [0.2, 0.25) is 5.91 Å². The van der Waals surface area contributed by atoms with Crippen LogP contribution in [0.5, 0.6) is 0 Å². The molecule has 1 saturated carbocycles. The van der Waals surface area contributed by atoms with Gasteiger partial charge in [-0.15, -0.1) is 11.8 Å². The Labute approximate surface area is 152 Å². The molecule has 3 rings (SSSR count). The Hall–Kier alpha value is -0.750. The van der Waals surface area contributed by atoms with E-state index in [0.717, 1.165) is 42.1 Å². The summed E-state index contributed by atoms with van der Waals surface area (Å²) in [5.41, 5.74) is 0.792. The third kappa shape index (κ3) is 3.59. The molecule has 1 N–H and O–H groups in total. The highest BCUT2D eigenvalue weighted by atomic mass is 35.5. The maximum absolute atomic E-state index is 12.7. The second kappa shape index (κ2) is 7.65. The molecule has 2 fully saturated rings. The minimum atomic E-state index is -0.331. The van der Waals surface area contributed by atoms with Crippen LogP contribution >= 0.6 is 23.4 Å². The lowest BCUT2D eigenvalue weighted by atomic mass is 9.79. The number of hydrogen-bond donors (Lipinski definition) is 1. The van der Waals surface area contributed by atoms with Crippen LogP contribution in [0.4, 0.5) is 0 Å². The average molecular weight is 370 g/mol. The third-order valence-electron chi connectivity index (χ3n) is 5.32. The fourth-order valence-electron chi connectivity index (χ4n) is 3.92. The van der Waals surface area contributed by atoms with Gasteiger partial charge in [-0.2, -0.15) is 0 Å². The molecular weight excluding hydrogens is 346 g/mol. The van der Waals surface area contributed by atoms with E-state index in [-0.39, 0.29) is 23.7 Å². The minimum Gasteiger partial charge on any atom is -0.393 e. The Morgan fingerprint density at radius 1 is 1.46 bits per heavy atom. The maximum Gasteiger partial charge on any atom is 0.232 e. The van der Waals surface area contributed by atoms with E-state index in [1.165, 1.54) is 0 Å². The molecule has 1 aliphatic carbocycles. The van der Waals surface area contributed by atoms with Crippen LogP contribution in [0.25, 0.3) is 0 Å². The number of hydrogen-bond acceptors (Lipinski definition) is 4. The molecule has 0 aromatic heterocycles. The standard InChI is InChI=1S/C18H24ClNO3S/c1-23-18-7-6-14(21)10-16(18)20(9-8-18)17(22)12-24-11-13-4-2-3-5-15(13)19/h2-5,14,16,21H,6-12H2,1H3. The summed E-state index contributed by atoms with van der Waals surface area (Å²) in [6.45, 7) is 0.719. The first-order chi connectivity index (χ1) is 11.6. The number of amides is 1. The molecule has 1 saturated heterocycles. The van der Waals surface area contributed by atoms with E-state index in [9.17, 15) is 9.90 Å². The Morgan fingerprint density at radius 3 is 3.00 bits per heavy atom. The zero-order chi connectivity index (χ0) is 17.2. The summed E-state index contributed by atoms with van der Waals surface area (Å²) in [7, 11) is 1.73. The number of rotatable bonds is 5. The highest BCUT2D eigenvalue weighted by molar-refractivity contribution is 7.99. The number of nitrogens with zero attached hydrogens (tertiary/aromatic N) is 1. The molecule has 2 aliphatic rings. The summed E-state index contributed by atoms with van der Waals surface area (Å²) in [4.78, 5) is 14.6. The van der Waals surface area contributed by atoms with Gasteiger partial charge < -0.3 is 14.7 Å². The number of fused-ring (bicyclic) bond motifs is 1. The van der Waals surface area contributed by atoms with Gasteiger partial charge in [-0.1, -0.05) is 29.8 Å². The van der Waals surface area contributed by atoms with E-state index >= 15 is 0 Å². The van der Waals surface area contributed by atoms with Gasteiger partial charge in [0, 0.05) is 24.4 Å². The largest absolute Gasteiger partial charge is 0.393 e. The monoisotopic (exact) mass is 369 g/mol. The zero-order valence-electron chi connectivity index (χ0n) is 13.9. The lowest BCUT2D eigenvalue weighted by molar-refractivity contribution is -0.137. The first kappa shape index (κ1) is 18.1. The number of thioether (sulfide) groups is 1. The average Bonchev–Trinajstić information content (AvgIpc) is 2.96. The van der Waals surface area contributed by atoms with Crippen LogP contribution in [0.2, 0.25) is 5.02 Å². The highest BCUT2D eigenvalue weighted by Gasteiger charge is 2.52. The molecule has 1 aliphatic heterocycles. The van der Waals surface area contributed by atoms with E-state index in [0.29, 0.717) is 12.2 Å². The molecule has 132 valence electrons. The van der Waals surface area contributed by atoms with E-state index in [1.54, 1.807) is 18.9 Å². The molecule has 6 heteroatoms. The number of benzene rings is 1. The molecular formula is C18H24ClNO3S. The molecule has 0 bridgehead atoms. The number of aliphatic hydroxyl groups excluding tert-OH is 1. The molecule has 0 spiro atoms. The van der Waals surface area contributed by atoms with Crippen molar-refractivity contribution in [2.45, 2.75) is 49.2 Å². The van der Waals surface area contributed by atoms with Crippen molar-refractivity contribution in [1.29, 1.82) is 0 Å². The summed E-state index contributed by atoms with van der Waals surface area (Å²) >= 11 is 7.74. The number of likely N-dealkylation sites (tertiary alicyclic amines) is 1. The van der Waals surface area contributed by atoms with Crippen LogP contribution in [0.15, 0.2) is 24.3 Å². The van der Waals surface area contributed by atoms with E-state index < -0.39 is 0 Å². The molecule has 24 heavy (non-hydrogen) atoms. The predicted molar refractivity (Wildman–Crippen MR) is 97.3 cm³/mol. The van der Waals surface area contributed by atoms with E-state index in [4.69, 9.17) is 16.3 Å². The number of ether oxygens (including phenoxy) is 1. The van der Waals surface area contributed by atoms with Crippen molar-refractivity contribution in [3.8, 4) is 0 Å². The van der Waals surface area contributed by atoms with Gasteiger partial charge in [0.15, 0.2) is 0 Å². The van der Waals surface area contributed by atoms with Crippen molar-refractivity contribution in [3.05, 3.63) is 34.9 Å². The van der Waals surface area contributed by atoms with Crippen LogP contribution in [-0.4, -0.2) is 53.1 Å². The molecule has 3 atom stereocenters. The zero-order valence-corrected chi connectivity index (χ0v) is 15.5. The summed E-state index contributed by atoms with van der Waals surface area (Å²) in [5.74, 6) is 1.28. The predicted octanol–water partition coefficient (Wildman–Crippen LogP) is 3.10. The summed E-state index contributed by atoms with van der Waals surface area (Å²) in [6.07, 6.45) is 2.73. The topological polar surface area (TPSA) is 49.8 Å². The first-order valence-electron chi connectivity index (χ1n) is 8.39. The van der Waals surface area contributed by atoms with Crippen molar-refractivity contribution in [1.82, 2.24) is 4.90 Å². The fourth-order valence-corrected chi connectivity index (χ4v) is 5.12. The summed E-state index contributed by atoms with van der Waals surface area (Å²) in [6, 6.07) is 7.73. The molecule has 0 radical (unpaired) electrons. The van der Waals surface area contributed by atoms with Gasteiger partial charge in [-0.3, -0.25) is 4.79 Å². The van der Waals surface area contributed by atoms with Crippen molar-refractivity contribution < 1.29 is 14.6 Å². The lowest BCUT2D eigenvalue weighted by Crippen LogP contribution is -2.53. The number of aliphatic hydroxyl groups is 1. The van der Waals surface area contributed by atoms with Crippen LogP contribution in [0.3, 0.4) is 0 Å². The highest BCUT2D eigenvalue weighted by Crippen LogP contribution is 2.42. The molecule has 1 heterocycles. The first-order valence-corrected chi connectivity index (χ1v) is 9.93. The Kier molecular flexibility index (Phi) is 5.75. The Bertz CT molecular complexity index is 599. The second-order valence-electron chi connectivity index (χ2n) is 6.63. The molecule has 1 amide bonds. The van der Waals surface area contributed by atoms with Crippen LogP contribution in [0.1, 0.15) is 31.2 Å². The van der Waals surface area contributed by atoms with Crippen LogP contribution in [-0.2, 0) is 15.3 Å². The van der Waals surface area contributed by atoms with Crippen molar-refractivity contribution >= 4 is 29.3 Å². The Balaban J connectivity index is 1.58. The van der Waals surface area contributed by atoms with Crippen LogP contribution < -0.4 is 0 Å². The number of carbonyl (C=O) groups excluding carboxylic acids is 1. The smallest absolute Gasteiger partial charge is 0.232 e. The quantitative estimate of drug-likeness (QED) is 0.866. The fraction of sp³-hybridized carbons (Fsp3) is 0.611. The third-order valence-corrected chi connectivity index (χ3v) is 6.66. The van der Waals surface area contributed by atoms with Gasteiger partial charge in [-0.05, 0) is 37.3 Å². The molecule has 1 aromatic carbocycles. The van der Waals surface area contributed by atoms with Gasteiger partial charge in [0.25, 0.3) is 0 Å². The minimum absolute atomic E-state index is 0.000312. The van der Waals surface area contributed by atoms with Gasteiger partial charge in [0.1, 0.15) is 0 Å². The van der Waals surface area contributed by atoms with Crippen LogP contribution in [0, 0.1) is 0 Å². The van der Waals surface area contributed by atoms with Crippen molar-refractivity contribution in [2.75, 3.05) is 19.4 Å². The lowest BCUT2D eigenvalue weighted by Gasteiger charge is -2.42. The normalized spacial score (nSPS) is 29.5. The van der Waals surface area contributed by atoms with Gasteiger partial charge in [0.05, 0.1) is 23.5 Å². The summed E-state index contributed by atoms with van der Waals surface area (Å²) in [5, 5.41) is 10.8.